The second-order valence-electron chi connectivity index (χ2n) is 5.03. The molecule has 3 aromatic rings. The summed E-state index contributed by atoms with van der Waals surface area (Å²) in [5.41, 5.74) is 1.81. The van der Waals surface area contributed by atoms with Gasteiger partial charge in [-0.25, -0.2) is 4.68 Å². The molecule has 1 saturated heterocycles. The number of rotatable bonds is 3. The van der Waals surface area contributed by atoms with Gasteiger partial charge in [0.25, 0.3) is 5.89 Å². The molecule has 1 aliphatic rings. The fourth-order valence-electron chi connectivity index (χ4n) is 2.41. The summed E-state index contributed by atoms with van der Waals surface area (Å²) in [6.45, 7) is 1.43. The van der Waals surface area contributed by atoms with Gasteiger partial charge < -0.3 is 9.26 Å². The van der Waals surface area contributed by atoms with E-state index in [4.69, 9.17) is 9.26 Å². The summed E-state index contributed by atoms with van der Waals surface area (Å²) in [7, 11) is 0. The minimum atomic E-state index is 0.242. The average Bonchev–Trinajstić information content (AvgIpc) is 3.27. The first-order chi connectivity index (χ1) is 10.4. The van der Waals surface area contributed by atoms with Crippen molar-refractivity contribution in [1.82, 2.24) is 19.9 Å². The minimum Gasteiger partial charge on any atom is -0.381 e. The Labute approximate surface area is 121 Å². The fraction of sp³-hybridized carbons (Fsp3) is 0.267. The van der Waals surface area contributed by atoms with Crippen LogP contribution in [0, 0.1) is 0 Å². The van der Waals surface area contributed by atoms with Crippen molar-refractivity contribution in [2.24, 2.45) is 0 Å². The van der Waals surface area contributed by atoms with Crippen molar-refractivity contribution < 1.29 is 9.26 Å². The number of para-hydroxylation sites is 1. The fourth-order valence-corrected chi connectivity index (χ4v) is 2.41. The van der Waals surface area contributed by atoms with Crippen LogP contribution < -0.4 is 0 Å². The van der Waals surface area contributed by atoms with Gasteiger partial charge in [-0.3, -0.25) is 0 Å². The molecule has 0 spiro atoms. The lowest BCUT2D eigenvalue weighted by molar-refractivity contribution is 0.192. The zero-order valence-electron chi connectivity index (χ0n) is 11.3. The second kappa shape index (κ2) is 5.14. The Morgan fingerprint density at radius 1 is 1.19 bits per heavy atom. The summed E-state index contributed by atoms with van der Waals surface area (Å²) in [6.07, 6.45) is 4.56. The summed E-state index contributed by atoms with van der Waals surface area (Å²) in [5, 5.41) is 8.39. The maximum Gasteiger partial charge on any atom is 0.261 e. The van der Waals surface area contributed by atoms with Gasteiger partial charge in [-0.15, -0.1) is 0 Å². The lowest BCUT2D eigenvalue weighted by Gasteiger charge is -1.98. The van der Waals surface area contributed by atoms with Gasteiger partial charge in [0.15, 0.2) is 5.82 Å². The molecule has 0 bridgehead atoms. The molecule has 6 nitrogen and oxygen atoms in total. The number of ether oxygens (including phenoxy) is 1. The molecule has 0 amide bonds. The molecule has 0 N–H and O–H groups in total. The van der Waals surface area contributed by atoms with Crippen LogP contribution in [-0.2, 0) is 4.74 Å². The number of aromatic nitrogens is 4. The van der Waals surface area contributed by atoms with Gasteiger partial charge in [0.05, 0.1) is 24.1 Å². The summed E-state index contributed by atoms with van der Waals surface area (Å²) in [6, 6.07) is 9.91. The van der Waals surface area contributed by atoms with Crippen molar-refractivity contribution in [3.05, 3.63) is 48.5 Å². The van der Waals surface area contributed by atoms with E-state index < -0.39 is 0 Å². The van der Waals surface area contributed by atoms with Crippen LogP contribution in [0.25, 0.3) is 17.1 Å². The van der Waals surface area contributed by atoms with E-state index in [1.54, 1.807) is 10.9 Å². The molecule has 1 aromatic carbocycles. The third-order valence-corrected chi connectivity index (χ3v) is 3.59. The van der Waals surface area contributed by atoms with Gasteiger partial charge in [-0.05, 0) is 18.6 Å². The molecule has 1 atom stereocenters. The Morgan fingerprint density at radius 3 is 2.90 bits per heavy atom. The smallest absolute Gasteiger partial charge is 0.261 e. The van der Waals surface area contributed by atoms with Crippen LogP contribution in [0.4, 0.5) is 0 Å². The van der Waals surface area contributed by atoms with Crippen molar-refractivity contribution >= 4 is 0 Å². The largest absolute Gasteiger partial charge is 0.381 e. The van der Waals surface area contributed by atoms with E-state index in [0.29, 0.717) is 12.5 Å². The SMILES string of the molecule is c1ccc(-n2cc(-c3nc([C@@H]4CCOC4)no3)cn2)cc1. The average molecular weight is 282 g/mol. The van der Waals surface area contributed by atoms with E-state index in [0.717, 1.165) is 30.1 Å². The molecule has 1 fully saturated rings. The van der Waals surface area contributed by atoms with Gasteiger partial charge in [-0.1, -0.05) is 23.4 Å². The zero-order valence-corrected chi connectivity index (χ0v) is 11.3. The third kappa shape index (κ3) is 2.34. The summed E-state index contributed by atoms with van der Waals surface area (Å²) < 4.78 is 12.5. The summed E-state index contributed by atoms with van der Waals surface area (Å²) in [5.74, 6) is 1.46. The topological polar surface area (TPSA) is 66.0 Å². The second-order valence-corrected chi connectivity index (χ2v) is 5.03. The van der Waals surface area contributed by atoms with Crippen LogP contribution in [0.3, 0.4) is 0 Å². The molecule has 3 heterocycles. The molecule has 0 saturated carbocycles. The quantitative estimate of drug-likeness (QED) is 0.738. The van der Waals surface area contributed by atoms with Crippen molar-refractivity contribution in [2.45, 2.75) is 12.3 Å². The summed E-state index contributed by atoms with van der Waals surface area (Å²) >= 11 is 0. The zero-order chi connectivity index (χ0) is 14.1. The summed E-state index contributed by atoms with van der Waals surface area (Å²) in [4.78, 5) is 4.46. The van der Waals surface area contributed by atoms with Crippen molar-refractivity contribution in [1.29, 1.82) is 0 Å². The van der Waals surface area contributed by atoms with Crippen LogP contribution >= 0.6 is 0 Å². The Balaban J connectivity index is 1.61. The van der Waals surface area contributed by atoms with Crippen molar-refractivity contribution in [3.8, 4) is 17.1 Å². The number of benzene rings is 1. The molecule has 6 heteroatoms. The monoisotopic (exact) mass is 282 g/mol. The first kappa shape index (κ1) is 12.3. The van der Waals surface area contributed by atoms with Crippen LogP contribution in [0.2, 0.25) is 0 Å². The van der Waals surface area contributed by atoms with E-state index in [9.17, 15) is 0 Å². The third-order valence-electron chi connectivity index (χ3n) is 3.59. The van der Waals surface area contributed by atoms with E-state index in [1.165, 1.54) is 0 Å². The highest BCUT2D eigenvalue weighted by atomic mass is 16.5. The first-order valence-electron chi connectivity index (χ1n) is 6.92. The molecule has 0 radical (unpaired) electrons. The van der Waals surface area contributed by atoms with Crippen LogP contribution in [-0.4, -0.2) is 33.1 Å². The minimum absolute atomic E-state index is 0.242. The normalized spacial score (nSPS) is 18.2. The molecule has 0 unspecified atom stereocenters. The van der Waals surface area contributed by atoms with Crippen LogP contribution in [0.5, 0.6) is 0 Å². The first-order valence-corrected chi connectivity index (χ1v) is 6.92. The Bertz CT molecular complexity index is 729. The Kier molecular flexibility index (Phi) is 3.01. The van der Waals surface area contributed by atoms with Gasteiger partial charge in [0.2, 0.25) is 0 Å². The maximum atomic E-state index is 5.35. The number of hydrogen-bond acceptors (Lipinski definition) is 5. The lowest BCUT2D eigenvalue weighted by Crippen LogP contribution is -1.99. The highest BCUT2D eigenvalue weighted by Gasteiger charge is 2.23. The van der Waals surface area contributed by atoms with Gasteiger partial charge in [0, 0.05) is 18.7 Å². The van der Waals surface area contributed by atoms with Gasteiger partial charge in [-0.2, -0.15) is 10.1 Å². The predicted octanol–water partition coefficient (Wildman–Crippen LogP) is 2.43. The van der Waals surface area contributed by atoms with Crippen LogP contribution in [0.1, 0.15) is 18.2 Å². The molecule has 4 rings (SSSR count). The van der Waals surface area contributed by atoms with Crippen molar-refractivity contribution in [3.63, 3.8) is 0 Å². The Morgan fingerprint density at radius 2 is 2.10 bits per heavy atom. The van der Waals surface area contributed by atoms with Gasteiger partial charge >= 0.3 is 0 Å². The molecule has 21 heavy (non-hydrogen) atoms. The molecular formula is C15H14N4O2. The van der Waals surface area contributed by atoms with E-state index in [-0.39, 0.29) is 5.92 Å². The molecule has 1 aliphatic heterocycles. The van der Waals surface area contributed by atoms with Gasteiger partial charge in [0.1, 0.15) is 0 Å². The van der Waals surface area contributed by atoms with E-state index in [2.05, 4.69) is 15.2 Å². The number of nitrogens with zero attached hydrogens (tertiary/aromatic N) is 4. The van der Waals surface area contributed by atoms with Crippen LogP contribution in [0.15, 0.2) is 47.2 Å². The molecular weight excluding hydrogens is 268 g/mol. The maximum absolute atomic E-state index is 5.35. The van der Waals surface area contributed by atoms with Crippen molar-refractivity contribution in [2.75, 3.05) is 13.2 Å². The van der Waals surface area contributed by atoms with E-state index >= 15 is 0 Å². The lowest BCUT2D eigenvalue weighted by atomic mass is 10.1. The predicted molar refractivity (Wildman–Crippen MR) is 75.0 cm³/mol. The molecule has 2 aromatic heterocycles. The van der Waals surface area contributed by atoms with E-state index in [1.807, 2.05) is 36.5 Å². The number of hydrogen-bond donors (Lipinski definition) is 0. The molecule has 106 valence electrons. The molecule has 0 aliphatic carbocycles. The Hall–Kier alpha value is -2.47. The highest BCUT2D eigenvalue weighted by molar-refractivity contribution is 5.51. The standard InChI is InChI=1S/C15H14N4O2/c1-2-4-13(5-3-1)19-9-12(8-16-19)15-17-14(18-21-15)11-6-7-20-10-11/h1-5,8-9,11H,6-7,10H2/t11-/m1/s1. The highest BCUT2D eigenvalue weighted by Crippen LogP contribution is 2.25.